The molecular formula is C54H66N8O9S. The number of rotatable bonds is 12. The Hall–Kier alpha value is -5.79. The van der Waals surface area contributed by atoms with Crippen molar-refractivity contribution in [1.29, 1.82) is 0 Å². The normalized spacial score (nSPS) is 25.6. The third-order valence-electron chi connectivity index (χ3n) is 16.7. The van der Waals surface area contributed by atoms with E-state index in [9.17, 15) is 28.4 Å². The van der Waals surface area contributed by atoms with E-state index in [4.69, 9.17) is 19.2 Å². The van der Waals surface area contributed by atoms with Gasteiger partial charge in [-0.05, 0) is 136 Å². The molecule has 2 saturated carbocycles. The Balaban J connectivity index is 0.867. The number of aromatic nitrogens is 2. The van der Waals surface area contributed by atoms with Gasteiger partial charge in [-0.2, -0.15) is 4.98 Å². The van der Waals surface area contributed by atoms with Crippen molar-refractivity contribution < 1.29 is 37.5 Å². The molecule has 17 nitrogen and oxygen atoms in total. The van der Waals surface area contributed by atoms with E-state index in [1.807, 2.05) is 36.1 Å². The summed E-state index contributed by atoms with van der Waals surface area (Å²) in [5, 5.41) is 26.7. The van der Waals surface area contributed by atoms with E-state index in [1.165, 1.54) is 23.3 Å². The van der Waals surface area contributed by atoms with Gasteiger partial charge in [-0.25, -0.2) is 13.1 Å². The van der Waals surface area contributed by atoms with Gasteiger partial charge in [-0.1, -0.05) is 38.1 Å². The highest BCUT2D eigenvalue weighted by molar-refractivity contribution is 7.90. The van der Waals surface area contributed by atoms with Crippen LogP contribution in [0.1, 0.15) is 112 Å². The fourth-order valence-corrected chi connectivity index (χ4v) is 13.7. The molecule has 6 heterocycles. The fraction of sp³-hybridized carbons (Fsp3) is 0.519. The molecular weight excluding hydrogens is 937 g/mol. The number of benzene rings is 3. The van der Waals surface area contributed by atoms with Gasteiger partial charge in [-0.15, -0.1) is 0 Å². The van der Waals surface area contributed by atoms with Gasteiger partial charge in [0.15, 0.2) is 0 Å². The summed E-state index contributed by atoms with van der Waals surface area (Å²) in [6.45, 7) is 11.5. The Labute approximate surface area is 420 Å². The Morgan fingerprint density at radius 3 is 2.50 bits per heavy atom. The first kappa shape index (κ1) is 48.5. The monoisotopic (exact) mass is 1000 g/mol. The number of nitro groups is 1. The summed E-state index contributed by atoms with van der Waals surface area (Å²) >= 11 is 0. The van der Waals surface area contributed by atoms with Crippen molar-refractivity contribution in [3.05, 3.63) is 106 Å². The Kier molecular flexibility index (Phi) is 13.0. The summed E-state index contributed by atoms with van der Waals surface area (Å²) in [5.41, 5.74) is 4.45. The minimum Gasteiger partial charge on any atom is -0.468 e. The number of carbonyl (C=O) groups is 1. The molecule has 5 aromatic rings. The summed E-state index contributed by atoms with van der Waals surface area (Å²) in [6, 6.07) is 22.3. The van der Waals surface area contributed by atoms with Crippen LogP contribution in [0.5, 0.6) is 5.88 Å². The summed E-state index contributed by atoms with van der Waals surface area (Å²) in [6.07, 6.45) is 8.99. The van der Waals surface area contributed by atoms with Gasteiger partial charge in [0.2, 0.25) is 5.88 Å². The topological polar surface area (TPSA) is 205 Å². The summed E-state index contributed by atoms with van der Waals surface area (Å²) in [5.74, 6) is -0.0216. The number of piperidine rings is 1. The first-order valence-electron chi connectivity index (χ1n) is 25.8. The van der Waals surface area contributed by atoms with Gasteiger partial charge in [0.05, 0.1) is 48.1 Å². The molecule has 4 N–H and O–H groups in total. The zero-order valence-electron chi connectivity index (χ0n) is 41.3. The molecule has 0 unspecified atom stereocenters. The molecule has 3 atom stereocenters. The number of aliphatic hydroxyl groups is 1. The Bertz CT molecular complexity index is 2950. The summed E-state index contributed by atoms with van der Waals surface area (Å²) in [7, 11) is -4.63. The Morgan fingerprint density at radius 2 is 1.72 bits per heavy atom. The molecule has 6 aliphatic rings. The number of hydrogen-bond donors (Lipinski definition) is 4. The van der Waals surface area contributed by atoms with Crippen LogP contribution < -0.4 is 24.6 Å². The molecule has 5 fully saturated rings. The minimum atomic E-state index is -4.63. The second kappa shape index (κ2) is 19.2. The van der Waals surface area contributed by atoms with E-state index < -0.39 is 32.6 Å². The third kappa shape index (κ3) is 9.40. The highest BCUT2D eigenvalue weighted by atomic mass is 32.2. The number of nitrogens with zero attached hydrogens (tertiary/aromatic N) is 5. The molecule has 382 valence electrons. The van der Waals surface area contributed by atoms with Crippen molar-refractivity contribution in [1.82, 2.24) is 19.6 Å². The number of aromatic amines is 1. The zero-order chi connectivity index (χ0) is 49.9. The molecule has 11 rings (SSSR count). The lowest BCUT2D eigenvalue weighted by molar-refractivity contribution is -0.384. The number of ether oxygens (including phenoxy) is 3. The molecule has 2 aliphatic carbocycles. The molecule has 18 heteroatoms. The largest absolute Gasteiger partial charge is 0.468 e. The number of fused-ring (bicyclic) bond motifs is 3. The van der Waals surface area contributed by atoms with Gasteiger partial charge < -0.3 is 39.4 Å². The molecule has 2 aromatic heterocycles. The first-order chi connectivity index (χ1) is 34.6. The molecule has 72 heavy (non-hydrogen) atoms. The number of anilines is 4. The van der Waals surface area contributed by atoms with Crippen molar-refractivity contribution in [3.8, 4) is 5.88 Å². The number of H-pyrrole nitrogens is 1. The predicted octanol–water partition coefficient (Wildman–Crippen LogP) is 8.58. The summed E-state index contributed by atoms with van der Waals surface area (Å²) in [4.78, 5) is 40.7. The van der Waals surface area contributed by atoms with Crippen LogP contribution in [0, 0.1) is 21.4 Å². The number of hydrogen-bond acceptors (Lipinski definition) is 14. The van der Waals surface area contributed by atoms with Crippen molar-refractivity contribution in [3.63, 3.8) is 0 Å². The number of nitro benzene ring substituents is 1. The Morgan fingerprint density at radius 1 is 0.944 bits per heavy atom. The molecule has 0 bridgehead atoms. The lowest BCUT2D eigenvalue weighted by Gasteiger charge is -2.57. The molecule has 0 radical (unpaired) electrons. The van der Waals surface area contributed by atoms with E-state index in [1.54, 1.807) is 12.3 Å². The van der Waals surface area contributed by atoms with Gasteiger partial charge in [-0.3, -0.25) is 19.8 Å². The lowest BCUT2D eigenvalue weighted by atomic mass is 9.59. The smallest absolute Gasteiger partial charge is 0.293 e. The second-order valence-corrected chi connectivity index (χ2v) is 23.4. The molecule has 1 amide bonds. The van der Waals surface area contributed by atoms with Crippen LogP contribution in [0.3, 0.4) is 0 Å². The fourth-order valence-electron chi connectivity index (χ4n) is 12.5. The number of pyridine rings is 1. The van der Waals surface area contributed by atoms with Crippen molar-refractivity contribution in [2.45, 2.75) is 119 Å². The van der Waals surface area contributed by atoms with E-state index in [0.29, 0.717) is 73.9 Å². The molecule has 3 aromatic carbocycles. The van der Waals surface area contributed by atoms with Crippen LogP contribution in [0.15, 0.2) is 83.9 Å². The number of amides is 1. The van der Waals surface area contributed by atoms with E-state index >= 15 is 0 Å². The maximum absolute atomic E-state index is 14.9. The van der Waals surface area contributed by atoms with Crippen LogP contribution in [-0.4, -0.2) is 116 Å². The minimum absolute atomic E-state index is 0.125. The maximum Gasteiger partial charge on any atom is 0.293 e. The zero-order valence-corrected chi connectivity index (χ0v) is 42.2. The van der Waals surface area contributed by atoms with Crippen molar-refractivity contribution in [2.75, 3.05) is 67.7 Å². The average molecular weight is 1000 g/mol. The SMILES string of the molecule is CC(C)c1ccccc1[C@@H]1COCCN1C1CC2(CCN(c3ccc(S(=O)(=O)NC(=O)c4ccc(NC[C@H]5CC[C@](C)(O)CC5)c([N+](=O)[O-])c4)c(N4c5cc6cc[nH]c6nc5O[C@@H]5COCC[C@H]54)c3)CC2)C1. The predicted molar refractivity (Wildman–Crippen MR) is 275 cm³/mol. The maximum atomic E-state index is 14.9. The van der Waals surface area contributed by atoms with Crippen LogP contribution in [-0.2, 0) is 19.5 Å². The molecule has 4 aliphatic heterocycles. The molecule has 3 saturated heterocycles. The van der Waals surface area contributed by atoms with E-state index in [-0.39, 0.29) is 51.9 Å². The average Bonchev–Trinajstić information content (AvgIpc) is 3.83. The molecule has 1 spiro atoms. The van der Waals surface area contributed by atoms with Crippen molar-refractivity contribution >= 4 is 55.4 Å². The number of morpholine rings is 1. The van der Waals surface area contributed by atoms with Gasteiger partial charge in [0, 0.05) is 67.7 Å². The number of nitrogens with one attached hydrogen (secondary N) is 3. The standard InChI is InChI=1S/C54H66N8O9S/c1-34(2)40-6-4-5-7-41(40)47-32-70-25-23-60(47)39-29-54(30-39)18-21-59(22-19-54)38-9-11-49(45(28-38)61-43-15-24-69-33-48(43)71-52-46(61)26-36-14-20-55-50(36)57-52)72(67,68)58-51(63)37-8-10-42(44(27-37)62(65)66)56-31-35-12-16-53(3,64)17-13-35/h4-11,14,20,26-28,34-35,39,43,47-48,56,64H,12-13,15-19,21-25,29-33H2,1-3H3,(H,55,57)(H,58,63)/t35-,43-,47+,48-,53-/m1/s1. The highest BCUT2D eigenvalue weighted by Gasteiger charge is 2.50. The number of carbonyl (C=O) groups excluding carboxylic acids is 1. The van der Waals surface area contributed by atoms with Crippen molar-refractivity contribution in [2.24, 2.45) is 11.3 Å². The highest BCUT2D eigenvalue weighted by Crippen LogP contribution is 2.54. The second-order valence-electron chi connectivity index (χ2n) is 21.7. The lowest BCUT2D eigenvalue weighted by Crippen LogP contribution is -2.58. The van der Waals surface area contributed by atoms with Gasteiger partial charge in [0.25, 0.3) is 21.6 Å². The van der Waals surface area contributed by atoms with Crippen LogP contribution in [0.4, 0.5) is 28.4 Å². The van der Waals surface area contributed by atoms with Crippen LogP contribution in [0.25, 0.3) is 11.0 Å². The van der Waals surface area contributed by atoms with Gasteiger partial charge >= 0.3 is 0 Å². The van der Waals surface area contributed by atoms with Crippen LogP contribution >= 0.6 is 0 Å². The van der Waals surface area contributed by atoms with E-state index in [0.717, 1.165) is 81.9 Å². The van der Waals surface area contributed by atoms with Crippen LogP contribution in [0.2, 0.25) is 0 Å². The summed E-state index contributed by atoms with van der Waals surface area (Å²) < 4.78 is 50.5. The van der Waals surface area contributed by atoms with Gasteiger partial charge in [0.1, 0.15) is 28.0 Å². The number of sulfonamides is 1. The quantitative estimate of drug-likeness (QED) is 0.0683. The van der Waals surface area contributed by atoms with E-state index in [2.05, 4.69) is 62.9 Å². The first-order valence-corrected chi connectivity index (χ1v) is 27.3. The third-order valence-corrected chi connectivity index (χ3v) is 18.1.